The minimum Gasteiger partial charge on any atom is -0.308 e. The van der Waals surface area contributed by atoms with E-state index in [9.17, 15) is 4.57 Å². The summed E-state index contributed by atoms with van der Waals surface area (Å²) in [4.78, 5) is 0. The fraction of sp³-hybridized carbons (Fsp3) is 0.208. The maximum absolute atomic E-state index is 14.2. The molecule has 7 heteroatoms. The SMILES string of the molecule is CCOP(=O)(OCC)C(c1ccccc1)c1c2ccc(Cl)cc2nn1-c1ccccc1. The summed E-state index contributed by atoms with van der Waals surface area (Å²) in [5, 5.41) is 6.26. The molecule has 0 aliphatic heterocycles. The molecule has 1 heterocycles. The number of fused-ring (bicyclic) bond motifs is 1. The first-order valence-electron chi connectivity index (χ1n) is 10.2. The predicted molar refractivity (Wildman–Crippen MR) is 125 cm³/mol. The molecule has 0 N–H and O–H groups in total. The molecule has 31 heavy (non-hydrogen) atoms. The van der Waals surface area contributed by atoms with Crippen molar-refractivity contribution in [3.8, 4) is 5.69 Å². The van der Waals surface area contributed by atoms with E-state index in [2.05, 4.69) is 0 Å². The fourth-order valence-electron chi connectivity index (χ4n) is 3.78. The highest BCUT2D eigenvalue weighted by Crippen LogP contribution is 2.64. The normalized spacial score (nSPS) is 12.9. The van der Waals surface area contributed by atoms with E-state index in [1.807, 2.05) is 97.4 Å². The number of nitrogens with zero attached hydrogens (tertiary/aromatic N) is 2. The molecule has 3 aromatic carbocycles. The topological polar surface area (TPSA) is 53.4 Å². The van der Waals surface area contributed by atoms with Crippen molar-refractivity contribution in [1.29, 1.82) is 0 Å². The summed E-state index contributed by atoms with van der Waals surface area (Å²) in [7, 11) is -3.60. The molecule has 0 radical (unpaired) electrons. The Balaban J connectivity index is 2.07. The van der Waals surface area contributed by atoms with Crippen LogP contribution in [0.1, 0.15) is 30.8 Å². The maximum atomic E-state index is 14.2. The molecule has 0 aliphatic carbocycles. The maximum Gasteiger partial charge on any atom is 0.344 e. The Kier molecular flexibility index (Phi) is 6.59. The van der Waals surface area contributed by atoms with Crippen LogP contribution in [0.5, 0.6) is 0 Å². The molecule has 160 valence electrons. The van der Waals surface area contributed by atoms with Crippen LogP contribution in [-0.2, 0) is 13.6 Å². The lowest BCUT2D eigenvalue weighted by Gasteiger charge is -2.27. The van der Waals surface area contributed by atoms with Gasteiger partial charge in [0.2, 0.25) is 0 Å². The molecule has 1 aromatic heterocycles. The highest BCUT2D eigenvalue weighted by molar-refractivity contribution is 7.54. The van der Waals surface area contributed by atoms with Gasteiger partial charge in [0.15, 0.2) is 0 Å². The zero-order valence-electron chi connectivity index (χ0n) is 17.4. The summed E-state index contributed by atoms with van der Waals surface area (Å²) in [6.45, 7) is 4.17. The monoisotopic (exact) mass is 454 g/mol. The van der Waals surface area contributed by atoms with E-state index < -0.39 is 13.3 Å². The number of rotatable bonds is 8. The van der Waals surface area contributed by atoms with Gasteiger partial charge in [-0.25, -0.2) is 4.68 Å². The molecule has 0 amide bonds. The average Bonchev–Trinajstić information content (AvgIpc) is 3.13. The summed E-state index contributed by atoms with van der Waals surface area (Å²) in [5.41, 5.74) is 2.48. The van der Waals surface area contributed by atoms with Gasteiger partial charge >= 0.3 is 7.60 Å². The van der Waals surface area contributed by atoms with Crippen molar-refractivity contribution >= 4 is 30.1 Å². The lowest BCUT2D eigenvalue weighted by molar-refractivity contribution is 0.214. The Labute approximate surface area is 187 Å². The van der Waals surface area contributed by atoms with Crippen LogP contribution in [0, 0.1) is 0 Å². The quantitative estimate of drug-likeness (QED) is 0.268. The average molecular weight is 455 g/mol. The molecule has 0 saturated heterocycles. The third-order valence-electron chi connectivity index (χ3n) is 4.98. The second kappa shape index (κ2) is 9.37. The van der Waals surface area contributed by atoms with Gasteiger partial charge in [0.1, 0.15) is 5.66 Å². The van der Waals surface area contributed by atoms with Gasteiger partial charge in [0, 0.05) is 10.4 Å². The zero-order valence-corrected chi connectivity index (χ0v) is 19.1. The lowest BCUT2D eigenvalue weighted by atomic mass is 10.1. The van der Waals surface area contributed by atoms with Crippen molar-refractivity contribution in [2.45, 2.75) is 19.5 Å². The molecule has 1 atom stereocenters. The summed E-state index contributed by atoms with van der Waals surface area (Å²) < 4.78 is 27.7. The van der Waals surface area contributed by atoms with Crippen LogP contribution in [0.4, 0.5) is 0 Å². The summed E-state index contributed by atoms with van der Waals surface area (Å²) in [6, 6.07) is 25.0. The number of halogens is 1. The first-order chi connectivity index (χ1) is 15.1. The van der Waals surface area contributed by atoms with Gasteiger partial charge in [0.05, 0.1) is 30.1 Å². The van der Waals surface area contributed by atoms with Crippen molar-refractivity contribution in [2.24, 2.45) is 0 Å². The number of hydrogen-bond acceptors (Lipinski definition) is 4. The van der Waals surface area contributed by atoms with Crippen LogP contribution < -0.4 is 0 Å². The van der Waals surface area contributed by atoms with E-state index in [0.29, 0.717) is 10.5 Å². The van der Waals surface area contributed by atoms with Gasteiger partial charge in [-0.2, -0.15) is 5.10 Å². The Morgan fingerprint density at radius 2 is 1.55 bits per heavy atom. The molecule has 0 aliphatic rings. The summed E-state index contributed by atoms with van der Waals surface area (Å²) in [5.74, 6) is 0. The van der Waals surface area contributed by atoms with E-state index in [1.54, 1.807) is 0 Å². The van der Waals surface area contributed by atoms with E-state index in [4.69, 9.17) is 25.7 Å². The molecule has 0 spiro atoms. The largest absolute Gasteiger partial charge is 0.344 e. The molecular formula is C24H24ClN2O3P. The minimum absolute atomic E-state index is 0.268. The van der Waals surface area contributed by atoms with Crippen LogP contribution in [0.2, 0.25) is 5.02 Å². The Hall–Kier alpha value is -2.43. The first kappa shape index (κ1) is 21.8. The van der Waals surface area contributed by atoms with Crippen LogP contribution in [0.3, 0.4) is 0 Å². The molecule has 0 fully saturated rings. The van der Waals surface area contributed by atoms with Crippen LogP contribution in [0.15, 0.2) is 78.9 Å². The lowest BCUT2D eigenvalue weighted by Crippen LogP contribution is -2.13. The zero-order chi connectivity index (χ0) is 21.8. The van der Waals surface area contributed by atoms with Crippen molar-refractivity contribution < 1.29 is 13.6 Å². The second-order valence-corrected chi connectivity index (χ2v) is 9.53. The summed E-state index contributed by atoms with van der Waals surface area (Å²) >= 11 is 6.26. The Bertz CT molecular complexity index is 1200. The van der Waals surface area contributed by atoms with Gasteiger partial charge in [-0.3, -0.25) is 4.57 Å². The molecule has 0 bridgehead atoms. The van der Waals surface area contributed by atoms with Gasteiger partial charge < -0.3 is 9.05 Å². The number of hydrogen-bond donors (Lipinski definition) is 0. The second-order valence-electron chi connectivity index (χ2n) is 6.98. The molecular weight excluding hydrogens is 431 g/mol. The van der Waals surface area contributed by atoms with Crippen molar-refractivity contribution in [3.63, 3.8) is 0 Å². The third kappa shape index (κ3) is 4.32. The van der Waals surface area contributed by atoms with E-state index in [1.165, 1.54) is 0 Å². The van der Waals surface area contributed by atoms with Crippen LogP contribution >= 0.6 is 19.2 Å². The molecule has 4 aromatic rings. The van der Waals surface area contributed by atoms with E-state index in [-0.39, 0.29) is 13.2 Å². The van der Waals surface area contributed by atoms with Crippen molar-refractivity contribution in [1.82, 2.24) is 9.78 Å². The smallest absolute Gasteiger partial charge is 0.308 e. The fourth-order valence-corrected chi connectivity index (χ4v) is 6.12. The number of aromatic nitrogens is 2. The molecule has 0 saturated carbocycles. The van der Waals surface area contributed by atoms with Crippen molar-refractivity contribution in [3.05, 3.63) is 95.1 Å². The number of benzene rings is 3. The van der Waals surface area contributed by atoms with Crippen molar-refractivity contribution in [2.75, 3.05) is 13.2 Å². The molecule has 4 rings (SSSR count). The predicted octanol–water partition coefficient (Wildman–Crippen LogP) is 7.03. The standard InChI is InChI=1S/C24H24ClN2O3P/c1-3-29-31(28,30-4-2)24(18-11-7-5-8-12-18)23-21-16-15-19(25)17-22(21)26-27(23)20-13-9-6-10-14-20/h5-17,24H,3-4H2,1-2H3. The summed E-state index contributed by atoms with van der Waals surface area (Å²) in [6.07, 6.45) is 0. The van der Waals surface area contributed by atoms with E-state index in [0.717, 1.165) is 22.3 Å². The van der Waals surface area contributed by atoms with Gasteiger partial charge in [-0.1, -0.05) is 60.1 Å². The third-order valence-corrected chi connectivity index (χ3v) is 7.63. The van der Waals surface area contributed by atoms with Crippen LogP contribution in [0.25, 0.3) is 16.6 Å². The molecule has 1 unspecified atom stereocenters. The van der Waals surface area contributed by atoms with Gasteiger partial charge in [-0.15, -0.1) is 0 Å². The van der Waals surface area contributed by atoms with E-state index >= 15 is 0 Å². The molecule has 5 nitrogen and oxygen atoms in total. The first-order valence-corrected chi connectivity index (χ1v) is 12.2. The van der Waals surface area contributed by atoms with Gasteiger partial charge in [-0.05, 0) is 49.7 Å². The Morgan fingerprint density at radius 1 is 0.935 bits per heavy atom. The van der Waals surface area contributed by atoms with Gasteiger partial charge in [0.25, 0.3) is 0 Å². The minimum atomic E-state index is -3.60. The Morgan fingerprint density at radius 3 is 2.16 bits per heavy atom. The highest BCUT2D eigenvalue weighted by Gasteiger charge is 2.41. The van der Waals surface area contributed by atoms with Crippen LogP contribution in [-0.4, -0.2) is 23.0 Å². The highest BCUT2D eigenvalue weighted by atomic mass is 35.5. The number of para-hydroxylation sites is 1.